The second kappa shape index (κ2) is 11.2. The first-order valence-electron chi connectivity index (χ1n) is 11.5. The highest BCUT2D eigenvalue weighted by Crippen LogP contribution is 2.28. The summed E-state index contributed by atoms with van der Waals surface area (Å²) in [4.78, 5) is 30.7. The first kappa shape index (κ1) is 25.1. The topological polar surface area (TPSA) is 83.7 Å². The van der Waals surface area contributed by atoms with Gasteiger partial charge in [-0.3, -0.25) is 4.79 Å². The Bertz CT molecular complexity index is 1450. The fourth-order valence-corrected chi connectivity index (χ4v) is 4.19. The van der Waals surface area contributed by atoms with Crippen LogP contribution in [0.4, 0.5) is 10.5 Å². The number of fused-ring (bicyclic) bond motifs is 1. The van der Waals surface area contributed by atoms with Crippen LogP contribution in [0.5, 0.6) is 11.5 Å². The van der Waals surface area contributed by atoms with Crippen LogP contribution in [0, 0.1) is 6.92 Å². The van der Waals surface area contributed by atoms with Gasteiger partial charge in [0.1, 0.15) is 0 Å². The number of nitrogens with zero attached hydrogens (tertiary/aromatic N) is 1. The molecule has 0 radical (unpaired) electrons. The third-order valence-electron chi connectivity index (χ3n) is 5.92. The molecule has 0 saturated heterocycles. The third kappa shape index (κ3) is 5.98. The lowest BCUT2D eigenvalue weighted by Gasteiger charge is -2.23. The molecule has 4 aromatic rings. The van der Waals surface area contributed by atoms with E-state index in [-0.39, 0.29) is 18.1 Å². The lowest BCUT2D eigenvalue weighted by atomic mass is 10.1. The number of benzene rings is 3. The second-order valence-corrected chi connectivity index (χ2v) is 8.95. The van der Waals surface area contributed by atoms with Gasteiger partial charge in [0.2, 0.25) is 0 Å². The van der Waals surface area contributed by atoms with Gasteiger partial charge in [0.05, 0.1) is 20.8 Å². The lowest BCUT2D eigenvalue weighted by Crippen LogP contribution is -2.37. The predicted octanol–water partition coefficient (Wildman–Crippen LogP) is 5.78. The number of rotatable bonds is 8. The number of aromatic nitrogens is 1. The van der Waals surface area contributed by atoms with Crippen LogP contribution in [0.2, 0.25) is 5.02 Å². The average Bonchev–Trinajstić information content (AvgIpc) is 2.86. The van der Waals surface area contributed by atoms with Crippen molar-refractivity contribution < 1.29 is 14.3 Å². The Morgan fingerprint density at radius 1 is 1.00 bits per heavy atom. The molecule has 0 bridgehead atoms. The van der Waals surface area contributed by atoms with Crippen molar-refractivity contribution in [2.75, 3.05) is 26.1 Å². The van der Waals surface area contributed by atoms with Crippen molar-refractivity contribution in [2.45, 2.75) is 19.9 Å². The number of urea groups is 1. The van der Waals surface area contributed by atoms with Crippen LogP contribution in [-0.4, -0.2) is 36.7 Å². The Morgan fingerprint density at radius 2 is 1.81 bits per heavy atom. The third-order valence-corrected chi connectivity index (χ3v) is 6.16. The number of methoxy groups -OCH3 is 2. The number of halogens is 1. The van der Waals surface area contributed by atoms with Gasteiger partial charge in [0.25, 0.3) is 5.56 Å². The average molecular weight is 506 g/mol. The van der Waals surface area contributed by atoms with Gasteiger partial charge < -0.3 is 24.7 Å². The van der Waals surface area contributed by atoms with Gasteiger partial charge in [-0.2, -0.15) is 0 Å². The van der Waals surface area contributed by atoms with E-state index in [0.29, 0.717) is 40.7 Å². The summed E-state index contributed by atoms with van der Waals surface area (Å²) in [5.41, 5.74) is 3.65. The van der Waals surface area contributed by atoms with Crippen LogP contribution in [0.25, 0.3) is 10.9 Å². The quantitative estimate of drug-likeness (QED) is 0.318. The number of ether oxygens (including phenoxy) is 2. The minimum absolute atomic E-state index is 0.138. The molecule has 8 heteroatoms. The Labute approximate surface area is 214 Å². The van der Waals surface area contributed by atoms with E-state index in [1.54, 1.807) is 43.4 Å². The summed E-state index contributed by atoms with van der Waals surface area (Å²) >= 11 is 6.09. The SMILES string of the molecule is COc1ccc(CCN(Cc2cc3ccc(C)cc3[nH]c2=O)C(=O)Nc2cccc(Cl)c2)cc1OC. The van der Waals surface area contributed by atoms with E-state index in [1.165, 1.54) is 0 Å². The number of pyridine rings is 1. The summed E-state index contributed by atoms with van der Waals surface area (Å²) < 4.78 is 10.7. The van der Waals surface area contributed by atoms with Gasteiger partial charge in [0, 0.05) is 28.3 Å². The van der Waals surface area contributed by atoms with E-state index in [1.807, 2.05) is 49.4 Å². The van der Waals surface area contributed by atoms with Crippen molar-refractivity contribution in [3.63, 3.8) is 0 Å². The van der Waals surface area contributed by atoms with Crippen molar-refractivity contribution in [2.24, 2.45) is 0 Å². The first-order valence-corrected chi connectivity index (χ1v) is 11.9. The van der Waals surface area contributed by atoms with Gasteiger partial charge in [-0.25, -0.2) is 4.79 Å². The molecule has 186 valence electrons. The zero-order valence-electron chi connectivity index (χ0n) is 20.4. The molecule has 1 heterocycles. The van der Waals surface area contributed by atoms with Gasteiger partial charge in [-0.15, -0.1) is 0 Å². The van der Waals surface area contributed by atoms with Gasteiger partial charge in [0.15, 0.2) is 11.5 Å². The zero-order valence-corrected chi connectivity index (χ0v) is 21.2. The number of nitrogens with one attached hydrogen (secondary N) is 2. The number of hydrogen-bond donors (Lipinski definition) is 2. The summed E-state index contributed by atoms with van der Waals surface area (Å²) in [6, 6.07) is 20.0. The highest BCUT2D eigenvalue weighted by atomic mass is 35.5. The molecule has 7 nitrogen and oxygen atoms in total. The van der Waals surface area contributed by atoms with Crippen molar-refractivity contribution in [1.82, 2.24) is 9.88 Å². The van der Waals surface area contributed by atoms with Crippen molar-refractivity contribution in [3.05, 3.63) is 98.8 Å². The first-order chi connectivity index (χ1) is 17.4. The van der Waals surface area contributed by atoms with Crippen LogP contribution in [0.1, 0.15) is 16.7 Å². The molecule has 1 aromatic heterocycles. The van der Waals surface area contributed by atoms with Crippen LogP contribution in [-0.2, 0) is 13.0 Å². The second-order valence-electron chi connectivity index (χ2n) is 8.52. The lowest BCUT2D eigenvalue weighted by molar-refractivity contribution is 0.209. The predicted molar refractivity (Wildman–Crippen MR) is 143 cm³/mol. The molecule has 3 aromatic carbocycles. The molecule has 0 spiro atoms. The van der Waals surface area contributed by atoms with E-state index in [4.69, 9.17) is 21.1 Å². The molecular weight excluding hydrogens is 478 g/mol. The van der Waals surface area contributed by atoms with Crippen molar-refractivity contribution in [3.8, 4) is 11.5 Å². The van der Waals surface area contributed by atoms with Gasteiger partial charge in [-0.1, -0.05) is 35.9 Å². The normalized spacial score (nSPS) is 10.8. The number of hydrogen-bond acceptors (Lipinski definition) is 4. The number of H-pyrrole nitrogens is 1. The molecular formula is C28H28ClN3O4. The van der Waals surface area contributed by atoms with E-state index < -0.39 is 0 Å². The maximum absolute atomic E-state index is 13.3. The molecule has 2 amide bonds. The minimum Gasteiger partial charge on any atom is -0.493 e. The summed E-state index contributed by atoms with van der Waals surface area (Å²) in [5.74, 6) is 1.25. The van der Waals surface area contributed by atoms with E-state index in [0.717, 1.165) is 22.0 Å². The van der Waals surface area contributed by atoms with E-state index >= 15 is 0 Å². The zero-order chi connectivity index (χ0) is 25.7. The molecule has 4 rings (SSSR count). The fourth-order valence-electron chi connectivity index (χ4n) is 4.00. The van der Waals surface area contributed by atoms with Crippen LogP contribution >= 0.6 is 11.6 Å². The number of amides is 2. The molecule has 36 heavy (non-hydrogen) atoms. The summed E-state index contributed by atoms with van der Waals surface area (Å²) in [7, 11) is 3.17. The molecule has 0 fully saturated rings. The Balaban J connectivity index is 1.60. The number of aromatic amines is 1. The molecule has 2 N–H and O–H groups in total. The summed E-state index contributed by atoms with van der Waals surface area (Å²) in [5, 5.41) is 4.32. The number of carbonyl (C=O) groups is 1. The Kier molecular flexibility index (Phi) is 7.80. The Hall–Kier alpha value is -3.97. The molecule has 0 atom stereocenters. The summed E-state index contributed by atoms with van der Waals surface area (Å²) in [6.07, 6.45) is 0.550. The molecule has 0 aliphatic carbocycles. The number of carbonyl (C=O) groups excluding carboxylic acids is 1. The van der Waals surface area contributed by atoms with Crippen LogP contribution in [0.3, 0.4) is 0 Å². The highest BCUT2D eigenvalue weighted by molar-refractivity contribution is 6.30. The van der Waals surface area contributed by atoms with Crippen molar-refractivity contribution >= 4 is 34.2 Å². The maximum atomic E-state index is 13.3. The van der Waals surface area contributed by atoms with E-state index in [9.17, 15) is 9.59 Å². The molecule has 0 aliphatic rings. The number of aryl methyl sites for hydroxylation is 1. The van der Waals surface area contributed by atoms with Gasteiger partial charge >= 0.3 is 6.03 Å². The Morgan fingerprint density at radius 3 is 2.56 bits per heavy atom. The summed E-state index contributed by atoms with van der Waals surface area (Å²) in [6.45, 7) is 2.48. The van der Waals surface area contributed by atoms with Gasteiger partial charge in [-0.05, 0) is 72.3 Å². The number of anilines is 1. The largest absolute Gasteiger partial charge is 0.493 e. The standard InChI is InChI=1S/C28H28ClN3O4/c1-18-7-9-20-15-21(27(33)31-24(20)13-18)17-32(28(34)30-23-6-4-5-22(29)16-23)12-11-19-8-10-25(35-2)26(14-19)36-3/h4-10,13-16H,11-12,17H2,1-3H3,(H,30,34)(H,31,33). The molecule has 0 saturated carbocycles. The highest BCUT2D eigenvalue weighted by Gasteiger charge is 2.17. The van der Waals surface area contributed by atoms with Crippen LogP contribution in [0.15, 0.2) is 71.5 Å². The minimum atomic E-state index is -0.332. The maximum Gasteiger partial charge on any atom is 0.322 e. The van der Waals surface area contributed by atoms with Crippen LogP contribution < -0.4 is 20.3 Å². The van der Waals surface area contributed by atoms with Crippen molar-refractivity contribution in [1.29, 1.82) is 0 Å². The monoisotopic (exact) mass is 505 g/mol. The molecule has 0 aliphatic heterocycles. The molecule has 0 unspecified atom stereocenters. The smallest absolute Gasteiger partial charge is 0.322 e. The van der Waals surface area contributed by atoms with E-state index in [2.05, 4.69) is 10.3 Å². The fraction of sp³-hybridized carbons (Fsp3) is 0.214.